The van der Waals surface area contributed by atoms with Gasteiger partial charge < -0.3 is 9.47 Å². The summed E-state index contributed by atoms with van der Waals surface area (Å²) in [6.45, 7) is 2.29. The summed E-state index contributed by atoms with van der Waals surface area (Å²) in [5.74, 6) is 0.775. The molecule has 17 heavy (non-hydrogen) atoms. The van der Waals surface area contributed by atoms with Gasteiger partial charge in [0, 0.05) is 12.6 Å². The molecule has 0 saturated heterocycles. The predicted octanol–water partition coefficient (Wildman–Crippen LogP) is 1.39. The molecule has 0 aliphatic rings. The normalized spacial score (nSPS) is 11.2. The van der Waals surface area contributed by atoms with Crippen molar-refractivity contribution in [1.29, 1.82) is 0 Å². The van der Waals surface area contributed by atoms with E-state index in [0.717, 1.165) is 6.42 Å². The number of methoxy groups -OCH3 is 2. The van der Waals surface area contributed by atoms with Gasteiger partial charge in [-0.3, -0.25) is 0 Å². The smallest absolute Gasteiger partial charge is 0.244 e. The van der Waals surface area contributed by atoms with E-state index in [-0.39, 0.29) is 4.90 Å². The molecule has 0 atom stereocenters. The van der Waals surface area contributed by atoms with Crippen LogP contribution < -0.4 is 14.2 Å². The summed E-state index contributed by atoms with van der Waals surface area (Å²) < 4.78 is 36.5. The third kappa shape index (κ3) is 3.34. The first-order valence-electron chi connectivity index (χ1n) is 5.27. The molecule has 0 heterocycles. The third-order valence-corrected chi connectivity index (χ3v) is 3.68. The Morgan fingerprint density at radius 3 is 2.47 bits per heavy atom. The van der Waals surface area contributed by atoms with E-state index in [1.807, 2.05) is 6.92 Å². The molecule has 0 aliphatic heterocycles. The second-order valence-electron chi connectivity index (χ2n) is 3.41. The van der Waals surface area contributed by atoms with E-state index in [1.54, 1.807) is 12.1 Å². The highest BCUT2D eigenvalue weighted by molar-refractivity contribution is 7.89. The Kier molecular flexibility index (Phi) is 4.77. The van der Waals surface area contributed by atoms with Crippen LogP contribution in [0, 0.1) is 0 Å². The van der Waals surface area contributed by atoms with Crippen LogP contribution in [0.25, 0.3) is 0 Å². The van der Waals surface area contributed by atoms with Crippen molar-refractivity contribution in [2.45, 2.75) is 18.2 Å². The fourth-order valence-electron chi connectivity index (χ4n) is 1.31. The van der Waals surface area contributed by atoms with Crippen molar-refractivity contribution >= 4 is 10.0 Å². The number of hydrogen-bond donors (Lipinski definition) is 1. The zero-order valence-corrected chi connectivity index (χ0v) is 11.0. The highest BCUT2D eigenvalue weighted by atomic mass is 32.2. The molecule has 0 unspecified atom stereocenters. The van der Waals surface area contributed by atoms with E-state index in [4.69, 9.17) is 9.47 Å². The van der Waals surface area contributed by atoms with Gasteiger partial charge in [-0.05, 0) is 18.6 Å². The quantitative estimate of drug-likeness (QED) is 0.838. The van der Waals surface area contributed by atoms with Crippen LogP contribution in [-0.2, 0) is 10.0 Å². The molecule has 0 amide bonds. The average Bonchev–Trinajstić information content (AvgIpc) is 2.35. The molecule has 0 aliphatic carbocycles. The largest absolute Gasteiger partial charge is 0.497 e. The van der Waals surface area contributed by atoms with Crippen molar-refractivity contribution in [3.63, 3.8) is 0 Å². The Hall–Kier alpha value is -1.27. The molecule has 0 bridgehead atoms. The van der Waals surface area contributed by atoms with Crippen molar-refractivity contribution in [3.8, 4) is 11.5 Å². The van der Waals surface area contributed by atoms with E-state index in [9.17, 15) is 8.42 Å². The Morgan fingerprint density at radius 1 is 1.24 bits per heavy atom. The van der Waals surface area contributed by atoms with Crippen LogP contribution in [0.3, 0.4) is 0 Å². The fourth-order valence-corrected chi connectivity index (χ4v) is 2.62. The number of benzene rings is 1. The molecular formula is C11H17NO4S. The number of nitrogens with one attached hydrogen (secondary N) is 1. The van der Waals surface area contributed by atoms with Gasteiger partial charge in [-0.1, -0.05) is 6.92 Å². The van der Waals surface area contributed by atoms with Crippen molar-refractivity contribution in [1.82, 2.24) is 4.72 Å². The van der Waals surface area contributed by atoms with Crippen LogP contribution in [0.2, 0.25) is 0 Å². The fraction of sp³-hybridized carbons (Fsp3) is 0.455. The van der Waals surface area contributed by atoms with E-state index in [0.29, 0.717) is 18.0 Å². The molecule has 0 radical (unpaired) electrons. The maximum absolute atomic E-state index is 12.0. The number of rotatable bonds is 6. The van der Waals surface area contributed by atoms with Crippen molar-refractivity contribution < 1.29 is 17.9 Å². The Balaban J connectivity index is 3.17. The standard InChI is InChI=1S/C11H17NO4S/c1-4-7-12-17(13,14)11-8-9(15-2)5-6-10(11)16-3/h5-6,8,12H,4,7H2,1-3H3. The lowest BCUT2D eigenvalue weighted by Crippen LogP contribution is -2.24. The first-order valence-corrected chi connectivity index (χ1v) is 6.75. The molecule has 96 valence electrons. The molecule has 0 aromatic heterocycles. The Bertz CT molecular complexity index is 470. The van der Waals surface area contributed by atoms with Crippen LogP contribution in [0.15, 0.2) is 23.1 Å². The Morgan fingerprint density at radius 2 is 1.94 bits per heavy atom. The van der Waals surface area contributed by atoms with Crippen molar-refractivity contribution in [2.24, 2.45) is 0 Å². The summed E-state index contributed by atoms with van der Waals surface area (Å²) in [6, 6.07) is 4.66. The van der Waals surface area contributed by atoms with Crippen molar-refractivity contribution in [3.05, 3.63) is 18.2 Å². The van der Waals surface area contributed by atoms with Crippen LogP contribution in [-0.4, -0.2) is 29.2 Å². The maximum atomic E-state index is 12.0. The zero-order chi connectivity index (χ0) is 12.9. The predicted molar refractivity (Wildman–Crippen MR) is 65.0 cm³/mol. The van der Waals surface area contributed by atoms with Gasteiger partial charge in [-0.25, -0.2) is 13.1 Å². The van der Waals surface area contributed by atoms with Gasteiger partial charge in [0.05, 0.1) is 14.2 Å². The lowest BCUT2D eigenvalue weighted by atomic mass is 10.3. The van der Waals surface area contributed by atoms with E-state index in [1.165, 1.54) is 20.3 Å². The lowest BCUT2D eigenvalue weighted by molar-refractivity contribution is 0.392. The first kappa shape index (κ1) is 13.8. The molecule has 1 rings (SSSR count). The van der Waals surface area contributed by atoms with Gasteiger partial charge in [0.2, 0.25) is 10.0 Å². The summed E-state index contributed by atoms with van der Waals surface area (Å²) in [5, 5.41) is 0. The summed E-state index contributed by atoms with van der Waals surface area (Å²) >= 11 is 0. The molecule has 0 spiro atoms. The van der Waals surface area contributed by atoms with Gasteiger partial charge in [0.1, 0.15) is 16.4 Å². The molecule has 0 saturated carbocycles. The number of sulfonamides is 1. The van der Waals surface area contributed by atoms with Gasteiger partial charge >= 0.3 is 0 Å². The monoisotopic (exact) mass is 259 g/mol. The highest BCUT2D eigenvalue weighted by Gasteiger charge is 2.19. The third-order valence-electron chi connectivity index (χ3n) is 2.20. The maximum Gasteiger partial charge on any atom is 0.244 e. The van der Waals surface area contributed by atoms with Crippen LogP contribution in [0.4, 0.5) is 0 Å². The van der Waals surface area contributed by atoms with Crippen molar-refractivity contribution in [2.75, 3.05) is 20.8 Å². The zero-order valence-electron chi connectivity index (χ0n) is 10.2. The molecular weight excluding hydrogens is 242 g/mol. The molecule has 1 aromatic rings. The summed E-state index contributed by atoms with van der Waals surface area (Å²) in [4.78, 5) is 0.0906. The second-order valence-corrected chi connectivity index (χ2v) is 5.15. The Labute approximate surface area is 102 Å². The van der Waals surface area contributed by atoms with Gasteiger partial charge in [0.25, 0.3) is 0 Å². The SMILES string of the molecule is CCCNS(=O)(=O)c1cc(OC)ccc1OC. The van der Waals surface area contributed by atoms with Crippen LogP contribution in [0.1, 0.15) is 13.3 Å². The van der Waals surface area contributed by atoms with E-state index < -0.39 is 10.0 Å². The lowest BCUT2D eigenvalue weighted by Gasteiger charge is -2.11. The molecule has 1 aromatic carbocycles. The molecule has 6 heteroatoms. The van der Waals surface area contributed by atoms with E-state index >= 15 is 0 Å². The topological polar surface area (TPSA) is 64.6 Å². The molecule has 0 fully saturated rings. The van der Waals surface area contributed by atoms with Crippen LogP contribution >= 0.6 is 0 Å². The molecule has 1 N–H and O–H groups in total. The van der Waals surface area contributed by atoms with Crippen LogP contribution in [0.5, 0.6) is 11.5 Å². The van der Waals surface area contributed by atoms with Gasteiger partial charge in [-0.15, -0.1) is 0 Å². The van der Waals surface area contributed by atoms with Gasteiger partial charge in [0.15, 0.2) is 0 Å². The number of ether oxygens (including phenoxy) is 2. The minimum Gasteiger partial charge on any atom is -0.497 e. The second kappa shape index (κ2) is 5.88. The summed E-state index contributed by atoms with van der Waals surface area (Å²) in [6.07, 6.45) is 0.728. The van der Waals surface area contributed by atoms with Gasteiger partial charge in [-0.2, -0.15) is 0 Å². The summed E-state index contributed by atoms with van der Waals surface area (Å²) in [5.41, 5.74) is 0. The number of hydrogen-bond acceptors (Lipinski definition) is 4. The van der Waals surface area contributed by atoms with E-state index in [2.05, 4.69) is 4.72 Å². The average molecular weight is 259 g/mol. The minimum absolute atomic E-state index is 0.0906. The minimum atomic E-state index is -3.55. The highest BCUT2D eigenvalue weighted by Crippen LogP contribution is 2.27. The first-order chi connectivity index (χ1) is 8.05. The molecule has 5 nitrogen and oxygen atoms in total. The summed E-state index contributed by atoms with van der Waals surface area (Å²) in [7, 11) is -0.638.